The number of hydrogen-bond donors (Lipinski definition) is 1. The highest BCUT2D eigenvalue weighted by atomic mass is 19.1. The van der Waals surface area contributed by atoms with Crippen LogP contribution < -0.4 is 5.32 Å². The van der Waals surface area contributed by atoms with Gasteiger partial charge in [0.2, 0.25) is 0 Å². The van der Waals surface area contributed by atoms with Gasteiger partial charge in [-0.05, 0) is 41.8 Å². The zero-order chi connectivity index (χ0) is 13.9. The lowest BCUT2D eigenvalue weighted by atomic mass is 9.98. The fraction of sp³-hybridized carbons (Fsp3) is 0.118. The van der Waals surface area contributed by atoms with Gasteiger partial charge in [-0.15, -0.1) is 0 Å². The summed E-state index contributed by atoms with van der Waals surface area (Å²) in [5, 5.41) is 5.21. The molecule has 0 unspecified atom stereocenters. The smallest absolute Gasteiger partial charge is 0.127 e. The van der Waals surface area contributed by atoms with Gasteiger partial charge in [-0.2, -0.15) is 0 Å². The highest BCUT2D eigenvalue weighted by Crippen LogP contribution is 2.29. The van der Waals surface area contributed by atoms with E-state index in [2.05, 4.69) is 16.4 Å². The predicted molar refractivity (Wildman–Crippen MR) is 79.9 cm³/mol. The molecule has 0 aliphatic heterocycles. The number of pyridine rings is 1. The van der Waals surface area contributed by atoms with E-state index in [4.69, 9.17) is 0 Å². The Morgan fingerprint density at radius 3 is 2.90 bits per heavy atom. The molecule has 0 radical (unpaired) electrons. The van der Waals surface area contributed by atoms with E-state index in [-0.39, 0.29) is 5.82 Å². The molecule has 0 aliphatic rings. The van der Waals surface area contributed by atoms with E-state index in [1.807, 2.05) is 43.6 Å². The molecule has 1 aromatic heterocycles. The van der Waals surface area contributed by atoms with Gasteiger partial charge in [0.25, 0.3) is 0 Å². The average molecular weight is 266 g/mol. The number of hydrogen-bond acceptors (Lipinski definition) is 2. The lowest BCUT2D eigenvalue weighted by molar-refractivity contribution is 0.601. The van der Waals surface area contributed by atoms with Crippen molar-refractivity contribution in [3.63, 3.8) is 0 Å². The maximum Gasteiger partial charge on any atom is 0.127 e. The molecule has 3 aromatic rings. The molecule has 1 heterocycles. The third-order valence-electron chi connectivity index (χ3n) is 3.40. The fourth-order valence-corrected chi connectivity index (χ4v) is 2.44. The highest BCUT2D eigenvalue weighted by Gasteiger charge is 2.07. The van der Waals surface area contributed by atoms with Gasteiger partial charge in [0, 0.05) is 29.9 Å². The molecule has 0 amide bonds. The maximum absolute atomic E-state index is 13.7. The summed E-state index contributed by atoms with van der Waals surface area (Å²) in [7, 11) is 1.82. The van der Waals surface area contributed by atoms with Gasteiger partial charge < -0.3 is 5.32 Å². The zero-order valence-corrected chi connectivity index (χ0v) is 11.2. The Morgan fingerprint density at radius 1 is 1.15 bits per heavy atom. The van der Waals surface area contributed by atoms with Crippen LogP contribution in [-0.2, 0) is 6.54 Å². The van der Waals surface area contributed by atoms with Crippen LogP contribution in [0.25, 0.3) is 21.9 Å². The summed E-state index contributed by atoms with van der Waals surface area (Å²) < 4.78 is 13.7. The molecule has 0 bridgehead atoms. The summed E-state index contributed by atoms with van der Waals surface area (Å²) in [5.41, 5.74) is 2.80. The van der Waals surface area contributed by atoms with E-state index in [9.17, 15) is 4.39 Å². The first-order valence-corrected chi connectivity index (χ1v) is 6.56. The fourth-order valence-electron chi connectivity index (χ4n) is 2.44. The maximum atomic E-state index is 13.7. The SMILES string of the molecule is CNCc1cc(-c2cccc3cnccc23)ccc1F. The van der Waals surface area contributed by atoms with Gasteiger partial charge in [-0.1, -0.05) is 24.3 Å². The van der Waals surface area contributed by atoms with E-state index >= 15 is 0 Å². The minimum absolute atomic E-state index is 0.176. The first-order valence-electron chi connectivity index (χ1n) is 6.56. The average Bonchev–Trinajstić information content (AvgIpc) is 2.49. The van der Waals surface area contributed by atoms with Crippen LogP contribution in [0.2, 0.25) is 0 Å². The molecule has 0 atom stereocenters. The highest BCUT2D eigenvalue weighted by molar-refractivity contribution is 5.96. The number of halogens is 1. The molecule has 3 heteroatoms. The van der Waals surface area contributed by atoms with Crippen molar-refractivity contribution in [1.29, 1.82) is 0 Å². The van der Waals surface area contributed by atoms with Crippen LogP contribution in [0.4, 0.5) is 4.39 Å². The van der Waals surface area contributed by atoms with Gasteiger partial charge >= 0.3 is 0 Å². The molecule has 3 rings (SSSR count). The normalized spacial score (nSPS) is 10.9. The number of nitrogens with zero attached hydrogens (tertiary/aromatic N) is 1. The van der Waals surface area contributed by atoms with Crippen molar-refractivity contribution in [2.24, 2.45) is 0 Å². The first-order chi connectivity index (χ1) is 9.79. The Balaban J connectivity index is 2.18. The molecule has 0 fully saturated rings. The van der Waals surface area contributed by atoms with Gasteiger partial charge in [-0.25, -0.2) is 4.39 Å². The summed E-state index contributed by atoms with van der Waals surface area (Å²) in [6.07, 6.45) is 3.63. The van der Waals surface area contributed by atoms with Crippen molar-refractivity contribution < 1.29 is 4.39 Å². The Bertz CT molecular complexity index is 748. The standard InChI is InChI=1S/C17H15FN2/c1-19-10-14-9-12(5-6-17(14)18)15-4-2-3-13-11-20-8-7-16(13)15/h2-9,11,19H,10H2,1H3. The summed E-state index contributed by atoms with van der Waals surface area (Å²) in [4.78, 5) is 4.14. The van der Waals surface area contributed by atoms with Crippen molar-refractivity contribution in [3.05, 3.63) is 66.2 Å². The number of fused-ring (bicyclic) bond motifs is 1. The summed E-state index contributed by atoms with van der Waals surface area (Å²) >= 11 is 0. The van der Waals surface area contributed by atoms with E-state index in [0.717, 1.165) is 21.9 Å². The Hall–Kier alpha value is -2.26. The van der Waals surface area contributed by atoms with E-state index < -0.39 is 0 Å². The van der Waals surface area contributed by atoms with E-state index in [0.29, 0.717) is 12.1 Å². The number of benzene rings is 2. The second kappa shape index (κ2) is 5.39. The third-order valence-corrected chi connectivity index (χ3v) is 3.40. The molecular formula is C17H15FN2. The van der Waals surface area contributed by atoms with Crippen molar-refractivity contribution in [2.45, 2.75) is 6.54 Å². The van der Waals surface area contributed by atoms with Crippen molar-refractivity contribution in [1.82, 2.24) is 10.3 Å². The van der Waals surface area contributed by atoms with Crippen LogP contribution in [0.3, 0.4) is 0 Å². The predicted octanol–water partition coefficient (Wildman–Crippen LogP) is 3.76. The Kier molecular flexibility index (Phi) is 3.44. The molecule has 20 heavy (non-hydrogen) atoms. The van der Waals surface area contributed by atoms with E-state index in [1.54, 1.807) is 6.20 Å². The monoisotopic (exact) mass is 266 g/mol. The van der Waals surface area contributed by atoms with Gasteiger partial charge in [0.1, 0.15) is 5.82 Å². The molecule has 0 saturated heterocycles. The van der Waals surface area contributed by atoms with Crippen molar-refractivity contribution in [2.75, 3.05) is 7.05 Å². The summed E-state index contributed by atoms with van der Waals surface area (Å²) in [6, 6.07) is 13.3. The number of aromatic nitrogens is 1. The van der Waals surface area contributed by atoms with Crippen LogP contribution in [0.15, 0.2) is 54.9 Å². The first kappa shape index (κ1) is 12.8. The van der Waals surface area contributed by atoms with Crippen LogP contribution >= 0.6 is 0 Å². The van der Waals surface area contributed by atoms with Crippen molar-refractivity contribution >= 4 is 10.8 Å². The van der Waals surface area contributed by atoms with Crippen LogP contribution in [0, 0.1) is 5.82 Å². The van der Waals surface area contributed by atoms with Crippen LogP contribution in [0.1, 0.15) is 5.56 Å². The molecule has 0 spiro atoms. The van der Waals surface area contributed by atoms with Gasteiger partial charge in [0.15, 0.2) is 0 Å². The second-order valence-corrected chi connectivity index (χ2v) is 4.74. The topological polar surface area (TPSA) is 24.9 Å². The quantitative estimate of drug-likeness (QED) is 0.780. The van der Waals surface area contributed by atoms with Crippen molar-refractivity contribution in [3.8, 4) is 11.1 Å². The molecular weight excluding hydrogens is 251 g/mol. The Labute approximate surface area is 117 Å². The number of rotatable bonds is 3. The Morgan fingerprint density at radius 2 is 2.05 bits per heavy atom. The molecule has 100 valence electrons. The summed E-state index contributed by atoms with van der Waals surface area (Å²) in [5.74, 6) is -0.176. The van der Waals surface area contributed by atoms with Gasteiger partial charge in [-0.3, -0.25) is 4.98 Å². The summed E-state index contributed by atoms with van der Waals surface area (Å²) in [6.45, 7) is 0.520. The minimum atomic E-state index is -0.176. The van der Waals surface area contributed by atoms with Crippen LogP contribution in [-0.4, -0.2) is 12.0 Å². The third kappa shape index (κ3) is 2.28. The van der Waals surface area contributed by atoms with Crippen LogP contribution in [0.5, 0.6) is 0 Å². The van der Waals surface area contributed by atoms with E-state index in [1.165, 1.54) is 6.07 Å². The lowest BCUT2D eigenvalue weighted by Gasteiger charge is -2.09. The van der Waals surface area contributed by atoms with Gasteiger partial charge in [0.05, 0.1) is 0 Å². The second-order valence-electron chi connectivity index (χ2n) is 4.74. The molecule has 0 aliphatic carbocycles. The minimum Gasteiger partial charge on any atom is -0.316 e. The molecule has 2 aromatic carbocycles. The molecule has 1 N–H and O–H groups in total. The molecule has 0 saturated carbocycles. The largest absolute Gasteiger partial charge is 0.316 e. The molecule has 2 nitrogen and oxygen atoms in total. The number of nitrogens with one attached hydrogen (secondary N) is 1. The lowest BCUT2D eigenvalue weighted by Crippen LogP contribution is -2.07. The zero-order valence-electron chi connectivity index (χ0n) is 11.2.